The highest BCUT2D eigenvalue weighted by Crippen LogP contribution is 2.27. The lowest BCUT2D eigenvalue weighted by Gasteiger charge is -2.01. The van der Waals surface area contributed by atoms with Crippen molar-refractivity contribution in [3.63, 3.8) is 0 Å². The maximum absolute atomic E-state index is 11.8. The van der Waals surface area contributed by atoms with Crippen molar-refractivity contribution in [2.75, 3.05) is 0 Å². The summed E-state index contributed by atoms with van der Waals surface area (Å²) in [7, 11) is 6.83. The molecule has 90 valence electrons. The molecular weight excluding hydrogens is 272 g/mol. The van der Waals surface area contributed by atoms with Crippen LogP contribution in [0.15, 0.2) is 50.6 Å². The van der Waals surface area contributed by atoms with E-state index in [0.717, 1.165) is 21.3 Å². The largest absolute Gasteiger partial charge is 0.422 e. The molecule has 2 aromatic heterocycles. The molecule has 0 unspecified atom stereocenters. The van der Waals surface area contributed by atoms with Gasteiger partial charge in [-0.15, -0.1) is 0 Å². The average molecular weight is 279 g/mol. The van der Waals surface area contributed by atoms with Crippen molar-refractivity contribution in [2.24, 2.45) is 0 Å². The van der Waals surface area contributed by atoms with Gasteiger partial charge in [-0.05, 0) is 52.0 Å². The van der Waals surface area contributed by atoms with Gasteiger partial charge < -0.3 is 4.42 Å². The second kappa shape index (κ2) is 4.51. The van der Waals surface area contributed by atoms with E-state index >= 15 is 0 Å². The van der Waals surface area contributed by atoms with E-state index in [2.05, 4.69) is 10.2 Å². The molecular formula is C12H7ClN2O2S. The topological polar surface area (TPSA) is 58.9 Å². The number of fused-ring (bicyclic) bond motifs is 1. The molecule has 0 radical (unpaired) electrons. The summed E-state index contributed by atoms with van der Waals surface area (Å²) in [5, 5.41) is 7.47. The van der Waals surface area contributed by atoms with Crippen LogP contribution in [0.5, 0.6) is 0 Å². The van der Waals surface area contributed by atoms with Gasteiger partial charge in [-0.1, -0.05) is 0 Å². The van der Waals surface area contributed by atoms with E-state index in [9.17, 15) is 4.79 Å². The summed E-state index contributed by atoms with van der Waals surface area (Å²) in [6.45, 7) is 0. The molecule has 0 saturated carbocycles. The molecule has 0 aliphatic heterocycles. The number of benzene rings is 1. The van der Waals surface area contributed by atoms with Crippen LogP contribution in [-0.4, -0.2) is 10.2 Å². The third kappa shape index (κ3) is 1.91. The standard InChI is InChI=1S/C12H7ClN2O2S/c13-18-8-1-2-11-7(5-8)6-9(12(16)17-11)10-3-4-14-15-10/h1-6H,(H,14,15). The van der Waals surface area contributed by atoms with Crippen molar-refractivity contribution in [3.05, 3.63) is 46.9 Å². The molecule has 0 spiro atoms. The Hall–Kier alpha value is -1.72. The first kappa shape index (κ1) is 11.4. The summed E-state index contributed by atoms with van der Waals surface area (Å²) in [5.41, 5.74) is 1.13. The minimum atomic E-state index is -0.402. The highest BCUT2D eigenvalue weighted by atomic mass is 35.7. The van der Waals surface area contributed by atoms with Crippen LogP contribution in [0.1, 0.15) is 0 Å². The molecule has 1 aromatic carbocycles. The van der Waals surface area contributed by atoms with Gasteiger partial charge in [-0.2, -0.15) is 5.10 Å². The monoisotopic (exact) mass is 278 g/mol. The Morgan fingerprint density at radius 3 is 2.89 bits per heavy atom. The Labute approximate surface area is 110 Å². The fourth-order valence-electron chi connectivity index (χ4n) is 1.74. The highest BCUT2D eigenvalue weighted by Gasteiger charge is 2.09. The number of nitrogens with one attached hydrogen (secondary N) is 1. The second-order valence-corrected chi connectivity index (χ2v) is 4.77. The number of rotatable bonds is 2. The number of aromatic amines is 1. The van der Waals surface area contributed by atoms with Crippen LogP contribution in [0.3, 0.4) is 0 Å². The molecule has 3 aromatic rings. The lowest BCUT2D eigenvalue weighted by molar-refractivity contribution is 0.563. The van der Waals surface area contributed by atoms with Crippen molar-refractivity contribution in [2.45, 2.75) is 4.90 Å². The lowest BCUT2D eigenvalue weighted by Crippen LogP contribution is -2.02. The highest BCUT2D eigenvalue weighted by molar-refractivity contribution is 8.21. The molecule has 18 heavy (non-hydrogen) atoms. The number of H-pyrrole nitrogens is 1. The molecule has 2 heterocycles. The first-order chi connectivity index (χ1) is 8.78. The molecule has 0 aliphatic rings. The molecule has 0 saturated heterocycles. The first-order valence-electron chi connectivity index (χ1n) is 5.14. The van der Waals surface area contributed by atoms with E-state index in [0.29, 0.717) is 16.8 Å². The Balaban J connectivity index is 2.28. The number of halogens is 1. The van der Waals surface area contributed by atoms with Gasteiger partial charge in [0.25, 0.3) is 0 Å². The zero-order valence-corrected chi connectivity index (χ0v) is 10.6. The van der Waals surface area contributed by atoms with E-state index in [1.54, 1.807) is 30.5 Å². The van der Waals surface area contributed by atoms with Gasteiger partial charge >= 0.3 is 5.63 Å². The van der Waals surface area contributed by atoms with Gasteiger partial charge in [-0.25, -0.2) is 4.79 Å². The van der Waals surface area contributed by atoms with Crippen LogP contribution >= 0.6 is 21.7 Å². The van der Waals surface area contributed by atoms with Gasteiger partial charge in [0.05, 0.1) is 11.3 Å². The minimum absolute atomic E-state index is 0.402. The van der Waals surface area contributed by atoms with E-state index in [1.165, 1.54) is 0 Å². The van der Waals surface area contributed by atoms with Gasteiger partial charge in [0.2, 0.25) is 0 Å². The van der Waals surface area contributed by atoms with E-state index in [1.807, 2.05) is 6.07 Å². The summed E-state index contributed by atoms with van der Waals surface area (Å²) < 4.78 is 5.25. The summed E-state index contributed by atoms with van der Waals surface area (Å²) >= 11 is 0. The lowest BCUT2D eigenvalue weighted by atomic mass is 10.1. The van der Waals surface area contributed by atoms with Crippen LogP contribution in [0.25, 0.3) is 22.2 Å². The zero-order chi connectivity index (χ0) is 12.5. The summed E-state index contributed by atoms with van der Waals surface area (Å²) in [6, 6.07) is 8.88. The fourth-order valence-corrected chi connectivity index (χ4v) is 2.32. The molecule has 0 atom stereocenters. The van der Waals surface area contributed by atoms with Crippen LogP contribution in [0, 0.1) is 0 Å². The molecule has 6 heteroatoms. The Morgan fingerprint density at radius 1 is 1.28 bits per heavy atom. The Bertz CT molecular complexity index is 752. The normalized spacial score (nSPS) is 10.9. The Kier molecular flexibility index (Phi) is 2.85. The molecule has 0 fully saturated rings. The number of hydrogen-bond acceptors (Lipinski definition) is 4. The van der Waals surface area contributed by atoms with Crippen molar-refractivity contribution >= 4 is 32.6 Å². The molecule has 0 amide bonds. The number of nitrogens with zero attached hydrogens (tertiary/aromatic N) is 1. The second-order valence-electron chi connectivity index (χ2n) is 3.68. The molecule has 4 nitrogen and oxygen atoms in total. The Morgan fingerprint density at radius 2 is 2.17 bits per heavy atom. The number of hydrogen-bond donors (Lipinski definition) is 1. The third-order valence-corrected chi connectivity index (χ3v) is 3.54. The zero-order valence-electron chi connectivity index (χ0n) is 9.01. The minimum Gasteiger partial charge on any atom is -0.422 e. The number of aromatic nitrogens is 2. The summed E-state index contributed by atoms with van der Waals surface area (Å²) in [5.74, 6) is 0. The van der Waals surface area contributed by atoms with Gasteiger partial charge in [-0.3, -0.25) is 5.10 Å². The predicted octanol–water partition coefficient (Wildman–Crippen LogP) is 3.43. The van der Waals surface area contributed by atoms with Crippen LogP contribution in [-0.2, 0) is 0 Å². The molecule has 3 rings (SSSR count). The SMILES string of the molecule is O=c1oc2ccc(SCl)cc2cc1-c1cc[nH]n1. The van der Waals surface area contributed by atoms with E-state index in [-0.39, 0.29) is 0 Å². The van der Waals surface area contributed by atoms with Crippen molar-refractivity contribution < 1.29 is 4.42 Å². The van der Waals surface area contributed by atoms with E-state index in [4.69, 9.17) is 15.1 Å². The summed E-state index contributed by atoms with van der Waals surface area (Å²) in [6.07, 6.45) is 1.66. The van der Waals surface area contributed by atoms with Gasteiger partial charge in [0, 0.05) is 16.5 Å². The quantitative estimate of drug-likeness (QED) is 0.730. The first-order valence-corrected chi connectivity index (χ1v) is 6.79. The van der Waals surface area contributed by atoms with Crippen molar-refractivity contribution in [3.8, 4) is 11.3 Å². The fraction of sp³-hybridized carbons (Fsp3) is 0. The molecule has 0 aliphatic carbocycles. The average Bonchev–Trinajstić information content (AvgIpc) is 2.91. The molecule has 0 bridgehead atoms. The summed E-state index contributed by atoms with van der Waals surface area (Å²) in [4.78, 5) is 12.7. The van der Waals surface area contributed by atoms with Crippen LogP contribution in [0.2, 0.25) is 0 Å². The van der Waals surface area contributed by atoms with Crippen molar-refractivity contribution in [1.29, 1.82) is 0 Å². The predicted molar refractivity (Wildman–Crippen MR) is 71.8 cm³/mol. The smallest absolute Gasteiger partial charge is 0.345 e. The van der Waals surface area contributed by atoms with Gasteiger partial charge in [0.15, 0.2) is 0 Å². The van der Waals surface area contributed by atoms with Gasteiger partial charge in [0.1, 0.15) is 5.58 Å². The van der Waals surface area contributed by atoms with Crippen molar-refractivity contribution in [1.82, 2.24) is 10.2 Å². The molecule has 1 N–H and O–H groups in total. The maximum atomic E-state index is 11.8. The van der Waals surface area contributed by atoms with Crippen LogP contribution < -0.4 is 5.63 Å². The van der Waals surface area contributed by atoms with Crippen LogP contribution in [0.4, 0.5) is 0 Å². The maximum Gasteiger partial charge on any atom is 0.345 e. The van der Waals surface area contributed by atoms with E-state index < -0.39 is 5.63 Å². The third-order valence-electron chi connectivity index (χ3n) is 2.57.